The zero-order chi connectivity index (χ0) is 14.5. The number of rotatable bonds is 4. The molecule has 0 aliphatic carbocycles. The molecule has 0 bridgehead atoms. The molecule has 1 aromatic carbocycles. The topological polar surface area (TPSA) is 55.6 Å². The third-order valence-electron chi connectivity index (χ3n) is 3.73. The van der Waals surface area contributed by atoms with Crippen LogP contribution < -0.4 is 10.5 Å². The highest BCUT2D eigenvalue weighted by Crippen LogP contribution is 2.21. The molecule has 2 atom stereocenters. The number of nitrogens with two attached hydrogens (primary N) is 1. The summed E-state index contributed by atoms with van der Waals surface area (Å²) in [4.78, 5) is 14.5. The number of benzene rings is 1. The van der Waals surface area contributed by atoms with Gasteiger partial charge in [-0.2, -0.15) is 0 Å². The smallest absolute Gasteiger partial charge is 0.254 e. The lowest BCUT2D eigenvalue weighted by molar-refractivity contribution is 0.0618. The van der Waals surface area contributed by atoms with Gasteiger partial charge in [0.25, 0.3) is 5.91 Å². The Bertz CT molecular complexity index is 462. The number of amides is 1. The summed E-state index contributed by atoms with van der Waals surface area (Å²) >= 11 is 0. The van der Waals surface area contributed by atoms with Crippen molar-refractivity contribution in [2.24, 2.45) is 5.73 Å². The summed E-state index contributed by atoms with van der Waals surface area (Å²) in [5.74, 6) is 0.838. The first-order valence-electron chi connectivity index (χ1n) is 7.41. The van der Waals surface area contributed by atoms with Crippen molar-refractivity contribution in [3.8, 4) is 5.75 Å². The molecule has 2 unspecified atom stereocenters. The fourth-order valence-electron chi connectivity index (χ4n) is 2.61. The summed E-state index contributed by atoms with van der Waals surface area (Å²) in [6.07, 6.45) is 2.71. The fourth-order valence-corrected chi connectivity index (χ4v) is 2.61. The van der Waals surface area contributed by atoms with E-state index in [0.717, 1.165) is 31.6 Å². The third kappa shape index (κ3) is 3.51. The minimum atomic E-state index is 0.0753. The van der Waals surface area contributed by atoms with Crippen LogP contribution in [0.4, 0.5) is 0 Å². The van der Waals surface area contributed by atoms with Gasteiger partial charge in [-0.3, -0.25) is 4.79 Å². The van der Waals surface area contributed by atoms with Gasteiger partial charge in [-0.05, 0) is 44.4 Å². The molecule has 0 radical (unpaired) electrons. The van der Waals surface area contributed by atoms with Gasteiger partial charge in [0.05, 0.1) is 6.61 Å². The molecule has 4 heteroatoms. The first-order chi connectivity index (χ1) is 9.61. The average molecular weight is 276 g/mol. The number of likely N-dealkylation sites (tertiary alicyclic amines) is 1. The zero-order valence-electron chi connectivity index (χ0n) is 12.3. The molecule has 1 aliphatic heterocycles. The molecule has 0 spiro atoms. The van der Waals surface area contributed by atoms with Crippen LogP contribution in [0.15, 0.2) is 24.3 Å². The predicted molar refractivity (Wildman–Crippen MR) is 79.9 cm³/mol. The molecular weight excluding hydrogens is 252 g/mol. The van der Waals surface area contributed by atoms with Crippen LogP contribution in [-0.2, 0) is 0 Å². The van der Waals surface area contributed by atoms with Crippen LogP contribution in [-0.4, -0.2) is 36.0 Å². The van der Waals surface area contributed by atoms with Gasteiger partial charge in [-0.1, -0.05) is 13.0 Å². The molecule has 2 N–H and O–H groups in total. The van der Waals surface area contributed by atoms with Gasteiger partial charge in [0.15, 0.2) is 0 Å². The second-order valence-corrected chi connectivity index (χ2v) is 5.51. The molecule has 4 nitrogen and oxygen atoms in total. The minimum absolute atomic E-state index is 0.0753. The average Bonchev–Trinajstić information content (AvgIpc) is 2.45. The normalized spacial score (nSPS) is 22.6. The second-order valence-electron chi connectivity index (χ2n) is 5.51. The number of hydrogen-bond donors (Lipinski definition) is 1. The van der Waals surface area contributed by atoms with E-state index in [4.69, 9.17) is 10.5 Å². The van der Waals surface area contributed by atoms with Crippen molar-refractivity contribution in [1.82, 2.24) is 4.90 Å². The summed E-state index contributed by atoms with van der Waals surface area (Å²) in [7, 11) is 0. The monoisotopic (exact) mass is 276 g/mol. The molecule has 110 valence electrons. The zero-order valence-corrected chi connectivity index (χ0v) is 12.3. The van der Waals surface area contributed by atoms with E-state index in [2.05, 4.69) is 13.8 Å². The van der Waals surface area contributed by atoms with Crippen LogP contribution in [0.3, 0.4) is 0 Å². The van der Waals surface area contributed by atoms with Crippen LogP contribution >= 0.6 is 0 Å². The van der Waals surface area contributed by atoms with E-state index in [9.17, 15) is 4.79 Å². The van der Waals surface area contributed by atoms with Crippen molar-refractivity contribution >= 4 is 5.91 Å². The molecule has 1 aromatic rings. The van der Waals surface area contributed by atoms with Crippen molar-refractivity contribution in [3.63, 3.8) is 0 Å². The maximum absolute atomic E-state index is 12.6. The first kappa shape index (κ1) is 14.9. The highest BCUT2D eigenvalue weighted by molar-refractivity contribution is 5.94. The number of carbonyl (C=O) groups is 1. The number of piperidine rings is 1. The summed E-state index contributed by atoms with van der Waals surface area (Å²) in [6.45, 7) is 5.54. The Morgan fingerprint density at radius 3 is 3.00 bits per heavy atom. The van der Waals surface area contributed by atoms with E-state index in [0.29, 0.717) is 12.2 Å². The largest absolute Gasteiger partial charge is 0.494 e. The molecule has 0 saturated carbocycles. The molecule has 0 aromatic heterocycles. The van der Waals surface area contributed by atoms with Crippen LogP contribution in [0.1, 0.15) is 43.5 Å². The Morgan fingerprint density at radius 2 is 2.30 bits per heavy atom. The summed E-state index contributed by atoms with van der Waals surface area (Å²) < 4.78 is 5.59. The lowest BCUT2D eigenvalue weighted by atomic mass is 9.98. The van der Waals surface area contributed by atoms with E-state index in [1.165, 1.54) is 0 Å². The molecule has 1 amide bonds. The van der Waals surface area contributed by atoms with Crippen molar-refractivity contribution in [2.75, 3.05) is 13.2 Å². The Morgan fingerprint density at radius 1 is 1.50 bits per heavy atom. The maximum atomic E-state index is 12.6. The Kier molecular flexibility index (Phi) is 5.01. The minimum Gasteiger partial charge on any atom is -0.494 e. The van der Waals surface area contributed by atoms with Gasteiger partial charge in [-0.25, -0.2) is 0 Å². The number of hydrogen-bond acceptors (Lipinski definition) is 3. The van der Waals surface area contributed by atoms with Crippen molar-refractivity contribution < 1.29 is 9.53 Å². The van der Waals surface area contributed by atoms with Crippen molar-refractivity contribution in [2.45, 2.75) is 45.2 Å². The van der Waals surface area contributed by atoms with Crippen LogP contribution in [0.25, 0.3) is 0 Å². The van der Waals surface area contributed by atoms with Crippen LogP contribution in [0.5, 0.6) is 5.75 Å². The SMILES string of the molecule is CCCOc1cccc(C(=O)N2CCC(N)CC2C)c1. The third-order valence-corrected chi connectivity index (χ3v) is 3.73. The van der Waals surface area contributed by atoms with Gasteiger partial charge in [-0.15, -0.1) is 0 Å². The Balaban J connectivity index is 2.08. The highest BCUT2D eigenvalue weighted by Gasteiger charge is 2.27. The van der Waals surface area contributed by atoms with Gasteiger partial charge in [0.1, 0.15) is 5.75 Å². The summed E-state index contributed by atoms with van der Waals surface area (Å²) in [5.41, 5.74) is 6.64. The van der Waals surface area contributed by atoms with Gasteiger partial charge < -0.3 is 15.4 Å². The van der Waals surface area contributed by atoms with Gasteiger partial charge in [0.2, 0.25) is 0 Å². The maximum Gasteiger partial charge on any atom is 0.254 e. The van der Waals surface area contributed by atoms with E-state index in [1.807, 2.05) is 29.2 Å². The number of nitrogens with zero attached hydrogens (tertiary/aromatic N) is 1. The highest BCUT2D eigenvalue weighted by atomic mass is 16.5. The number of carbonyl (C=O) groups excluding carboxylic acids is 1. The van der Waals surface area contributed by atoms with Crippen molar-refractivity contribution in [1.29, 1.82) is 0 Å². The van der Waals surface area contributed by atoms with Gasteiger partial charge >= 0.3 is 0 Å². The molecule has 1 aliphatic rings. The molecular formula is C16H24N2O2. The van der Waals surface area contributed by atoms with E-state index >= 15 is 0 Å². The summed E-state index contributed by atoms with van der Waals surface area (Å²) in [5, 5.41) is 0. The molecule has 1 fully saturated rings. The number of ether oxygens (including phenoxy) is 1. The predicted octanol–water partition coefficient (Wildman–Crippen LogP) is 2.43. The Hall–Kier alpha value is -1.55. The lowest BCUT2D eigenvalue weighted by Gasteiger charge is -2.36. The Labute approximate surface area is 120 Å². The standard InChI is InChI=1S/C16H24N2O2/c1-3-9-20-15-6-4-5-13(11-15)16(19)18-8-7-14(17)10-12(18)2/h4-6,11-12,14H,3,7-10,17H2,1-2H3. The summed E-state index contributed by atoms with van der Waals surface area (Å²) in [6, 6.07) is 7.86. The first-order valence-corrected chi connectivity index (χ1v) is 7.41. The van der Waals surface area contributed by atoms with Crippen LogP contribution in [0.2, 0.25) is 0 Å². The van der Waals surface area contributed by atoms with E-state index in [1.54, 1.807) is 0 Å². The quantitative estimate of drug-likeness (QED) is 0.919. The second kappa shape index (κ2) is 6.75. The molecule has 1 heterocycles. The molecule has 1 saturated heterocycles. The molecule has 2 rings (SSSR count). The van der Waals surface area contributed by atoms with E-state index < -0.39 is 0 Å². The van der Waals surface area contributed by atoms with Crippen molar-refractivity contribution in [3.05, 3.63) is 29.8 Å². The fraction of sp³-hybridized carbons (Fsp3) is 0.562. The lowest BCUT2D eigenvalue weighted by Crippen LogP contribution is -2.48. The van der Waals surface area contributed by atoms with Crippen LogP contribution in [0, 0.1) is 0 Å². The van der Waals surface area contributed by atoms with Gasteiger partial charge in [0, 0.05) is 24.2 Å². The molecule has 20 heavy (non-hydrogen) atoms. The van der Waals surface area contributed by atoms with E-state index in [-0.39, 0.29) is 18.0 Å².